The fourth-order valence-corrected chi connectivity index (χ4v) is 5.52. The quantitative estimate of drug-likeness (QED) is 0.700. The van der Waals surface area contributed by atoms with E-state index in [1.165, 1.54) is 23.5 Å². The summed E-state index contributed by atoms with van der Waals surface area (Å²) >= 11 is 0. The van der Waals surface area contributed by atoms with Gasteiger partial charge in [0.05, 0.1) is 20.3 Å². The van der Waals surface area contributed by atoms with E-state index in [2.05, 4.69) is 5.32 Å². The number of carbonyl (C=O) groups is 1. The van der Waals surface area contributed by atoms with Crippen LogP contribution >= 0.6 is 0 Å². The molecule has 2 aromatic carbocycles. The number of benzene rings is 2. The van der Waals surface area contributed by atoms with Gasteiger partial charge in [0.2, 0.25) is 10.0 Å². The molecule has 8 heteroatoms. The number of hydrogen-bond acceptors (Lipinski definition) is 5. The topological polar surface area (TPSA) is 84.9 Å². The van der Waals surface area contributed by atoms with E-state index in [9.17, 15) is 13.2 Å². The molecule has 1 atom stereocenters. The van der Waals surface area contributed by atoms with Gasteiger partial charge >= 0.3 is 0 Å². The second-order valence-corrected chi connectivity index (χ2v) is 9.53. The summed E-state index contributed by atoms with van der Waals surface area (Å²) in [4.78, 5) is 13.0. The predicted molar refractivity (Wildman–Crippen MR) is 119 cm³/mol. The molecule has 2 aromatic rings. The molecule has 1 saturated heterocycles. The van der Waals surface area contributed by atoms with E-state index in [0.717, 1.165) is 31.2 Å². The lowest BCUT2D eigenvalue weighted by molar-refractivity contribution is 0.0939. The predicted octanol–water partition coefficient (Wildman–Crippen LogP) is 3.76. The lowest BCUT2D eigenvalue weighted by atomic mass is 10.1. The van der Waals surface area contributed by atoms with Gasteiger partial charge in [-0.25, -0.2) is 8.42 Å². The van der Waals surface area contributed by atoms with Gasteiger partial charge in [0, 0.05) is 24.2 Å². The van der Waals surface area contributed by atoms with Gasteiger partial charge in [-0.2, -0.15) is 4.31 Å². The molecule has 1 heterocycles. The Labute approximate surface area is 184 Å². The van der Waals surface area contributed by atoms with Crippen molar-refractivity contribution in [2.45, 2.75) is 43.5 Å². The molecule has 168 valence electrons. The molecule has 7 nitrogen and oxygen atoms in total. The van der Waals surface area contributed by atoms with Crippen LogP contribution in [0.3, 0.4) is 0 Å². The van der Waals surface area contributed by atoms with Crippen LogP contribution in [0.5, 0.6) is 11.5 Å². The summed E-state index contributed by atoms with van der Waals surface area (Å²) in [5.41, 5.74) is 1.10. The van der Waals surface area contributed by atoms with Crippen molar-refractivity contribution in [3.8, 4) is 11.5 Å². The molecule has 1 aliphatic rings. The minimum Gasteiger partial charge on any atom is -0.496 e. The summed E-state index contributed by atoms with van der Waals surface area (Å²) in [6, 6.07) is 11.6. The highest BCUT2D eigenvalue weighted by Crippen LogP contribution is 2.30. The maximum absolute atomic E-state index is 13.3. The van der Waals surface area contributed by atoms with Gasteiger partial charge in [0.15, 0.2) is 0 Å². The summed E-state index contributed by atoms with van der Waals surface area (Å²) in [6.45, 7) is 2.81. The van der Waals surface area contributed by atoms with Crippen molar-refractivity contribution in [2.75, 3.05) is 27.3 Å². The van der Waals surface area contributed by atoms with E-state index < -0.39 is 10.0 Å². The molecule has 31 heavy (non-hydrogen) atoms. The summed E-state index contributed by atoms with van der Waals surface area (Å²) < 4.78 is 38.8. The third kappa shape index (κ3) is 5.19. The van der Waals surface area contributed by atoms with Crippen LogP contribution in [-0.2, 0) is 10.0 Å². The molecular formula is C23H30N2O5S. The number of nitrogens with zero attached hydrogens (tertiary/aromatic N) is 1. The summed E-state index contributed by atoms with van der Waals surface area (Å²) in [5.74, 6) is 0.543. The van der Waals surface area contributed by atoms with Crippen LogP contribution in [0.1, 0.15) is 54.6 Å². The Kier molecular flexibility index (Phi) is 7.56. The van der Waals surface area contributed by atoms with Crippen molar-refractivity contribution in [3.63, 3.8) is 0 Å². The average molecular weight is 447 g/mol. The zero-order valence-corrected chi connectivity index (χ0v) is 19.1. The molecule has 0 unspecified atom stereocenters. The fourth-order valence-electron chi connectivity index (χ4n) is 3.82. The van der Waals surface area contributed by atoms with E-state index >= 15 is 0 Å². The van der Waals surface area contributed by atoms with Crippen molar-refractivity contribution in [2.24, 2.45) is 0 Å². The van der Waals surface area contributed by atoms with Crippen LogP contribution in [-0.4, -0.2) is 45.9 Å². The number of methoxy groups -OCH3 is 2. The SMILES string of the molecule is COc1ccccc1[C@@H](C)NC(=O)c1ccc(OC)c(S(=O)(=O)N2CCCCCC2)c1. The number of sulfonamides is 1. The lowest BCUT2D eigenvalue weighted by Crippen LogP contribution is -2.32. The Balaban J connectivity index is 1.88. The van der Waals surface area contributed by atoms with Gasteiger partial charge in [-0.1, -0.05) is 31.0 Å². The molecule has 1 amide bonds. The van der Waals surface area contributed by atoms with E-state index in [0.29, 0.717) is 18.8 Å². The molecule has 1 fully saturated rings. The van der Waals surface area contributed by atoms with E-state index in [1.54, 1.807) is 13.2 Å². The van der Waals surface area contributed by atoms with Crippen LogP contribution in [0.4, 0.5) is 0 Å². The van der Waals surface area contributed by atoms with Crippen LogP contribution in [0.25, 0.3) is 0 Å². The Hall–Kier alpha value is -2.58. The first-order chi connectivity index (χ1) is 14.9. The molecule has 3 rings (SSSR count). The molecular weight excluding hydrogens is 416 g/mol. The molecule has 0 spiro atoms. The van der Waals surface area contributed by atoms with Gasteiger partial charge in [-0.3, -0.25) is 4.79 Å². The smallest absolute Gasteiger partial charge is 0.251 e. The lowest BCUT2D eigenvalue weighted by Gasteiger charge is -2.22. The number of para-hydroxylation sites is 1. The summed E-state index contributed by atoms with van der Waals surface area (Å²) in [5, 5.41) is 2.92. The van der Waals surface area contributed by atoms with Crippen molar-refractivity contribution >= 4 is 15.9 Å². The normalized spacial score (nSPS) is 16.2. The molecule has 0 saturated carbocycles. The summed E-state index contributed by atoms with van der Waals surface area (Å²) in [7, 11) is -0.756. The van der Waals surface area contributed by atoms with Gasteiger partial charge in [0.25, 0.3) is 5.91 Å². The van der Waals surface area contributed by atoms with Crippen molar-refractivity contribution in [3.05, 3.63) is 53.6 Å². The maximum atomic E-state index is 13.3. The van der Waals surface area contributed by atoms with Crippen molar-refractivity contribution in [1.82, 2.24) is 9.62 Å². The molecule has 0 aliphatic carbocycles. The number of rotatable bonds is 7. The van der Waals surface area contributed by atoms with Crippen molar-refractivity contribution in [1.29, 1.82) is 0 Å². The number of hydrogen-bond donors (Lipinski definition) is 1. The highest BCUT2D eigenvalue weighted by molar-refractivity contribution is 7.89. The van der Waals surface area contributed by atoms with Gasteiger partial charge in [-0.05, 0) is 44.0 Å². The van der Waals surface area contributed by atoms with Gasteiger partial charge in [0.1, 0.15) is 16.4 Å². The van der Waals surface area contributed by atoms with E-state index in [-0.39, 0.29) is 28.2 Å². The average Bonchev–Trinajstić information content (AvgIpc) is 3.08. The second kappa shape index (κ2) is 10.2. The van der Waals surface area contributed by atoms with Gasteiger partial charge in [-0.15, -0.1) is 0 Å². The third-order valence-electron chi connectivity index (χ3n) is 5.56. The maximum Gasteiger partial charge on any atom is 0.251 e. The first-order valence-electron chi connectivity index (χ1n) is 10.5. The second-order valence-electron chi connectivity index (χ2n) is 7.62. The molecule has 0 bridgehead atoms. The van der Waals surface area contributed by atoms with Crippen LogP contribution in [0.15, 0.2) is 47.4 Å². The molecule has 1 N–H and O–H groups in total. The Morgan fingerprint density at radius 3 is 2.26 bits per heavy atom. The van der Waals surface area contributed by atoms with Crippen molar-refractivity contribution < 1.29 is 22.7 Å². The van der Waals surface area contributed by atoms with Crippen LogP contribution < -0.4 is 14.8 Å². The zero-order chi connectivity index (χ0) is 22.4. The first kappa shape index (κ1) is 23.1. The Morgan fingerprint density at radius 1 is 0.968 bits per heavy atom. The molecule has 0 radical (unpaired) electrons. The Bertz CT molecular complexity index is 1010. The van der Waals surface area contributed by atoms with E-state index in [1.807, 2.05) is 31.2 Å². The third-order valence-corrected chi connectivity index (χ3v) is 7.48. The number of carbonyl (C=O) groups excluding carboxylic acids is 1. The standard InChI is InChI=1S/C23H30N2O5S/c1-17(19-10-6-7-11-20(19)29-2)24-23(26)18-12-13-21(30-3)22(16-18)31(27,28)25-14-8-4-5-9-15-25/h6-7,10-13,16-17H,4-5,8-9,14-15H2,1-3H3,(H,24,26)/t17-/m1/s1. The van der Waals surface area contributed by atoms with E-state index in [4.69, 9.17) is 9.47 Å². The number of amides is 1. The monoisotopic (exact) mass is 446 g/mol. The zero-order valence-electron chi connectivity index (χ0n) is 18.3. The molecule has 0 aromatic heterocycles. The fraction of sp³-hybridized carbons (Fsp3) is 0.435. The van der Waals surface area contributed by atoms with Crippen LogP contribution in [0.2, 0.25) is 0 Å². The number of ether oxygens (including phenoxy) is 2. The largest absolute Gasteiger partial charge is 0.496 e. The minimum absolute atomic E-state index is 0.0227. The molecule has 1 aliphatic heterocycles. The highest BCUT2D eigenvalue weighted by atomic mass is 32.2. The minimum atomic E-state index is -3.77. The van der Waals surface area contributed by atoms with Gasteiger partial charge < -0.3 is 14.8 Å². The van der Waals surface area contributed by atoms with Crippen LogP contribution in [0, 0.1) is 0 Å². The number of nitrogens with one attached hydrogen (secondary N) is 1. The summed E-state index contributed by atoms with van der Waals surface area (Å²) in [6.07, 6.45) is 3.70. The first-order valence-corrected chi connectivity index (χ1v) is 11.9. The highest BCUT2D eigenvalue weighted by Gasteiger charge is 2.29. The Morgan fingerprint density at radius 2 is 1.61 bits per heavy atom.